The quantitative estimate of drug-likeness (QED) is 0.130. The average molecular weight is 579 g/mol. The van der Waals surface area contributed by atoms with E-state index in [9.17, 15) is 8.96 Å². The second kappa shape index (κ2) is 12.8. The number of rotatable bonds is 10. The summed E-state index contributed by atoms with van der Waals surface area (Å²) in [5, 5.41) is 6.67. The molecule has 1 atom stereocenters. The van der Waals surface area contributed by atoms with Crippen molar-refractivity contribution in [2.24, 2.45) is 11.7 Å². The van der Waals surface area contributed by atoms with Crippen LogP contribution in [0.25, 0.3) is 0 Å². The van der Waals surface area contributed by atoms with E-state index in [4.69, 9.17) is 28.9 Å². The number of halogens is 3. The van der Waals surface area contributed by atoms with Gasteiger partial charge in [-0.2, -0.15) is 4.98 Å². The van der Waals surface area contributed by atoms with Gasteiger partial charge in [-0.05, 0) is 93.3 Å². The summed E-state index contributed by atoms with van der Waals surface area (Å²) in [5.74, 6) is 0.785. The van der Waals surface area contributed by atoms with Crippen LogP contribution in [0.15, 0.2) is 36.5 Å². The molecule has 0 fully saturated rings. The Morgan fingerprint density at radius 2 is 1.82 bits per heavy atom. The number of nitrogens with zero attached hydrogens (tertiary/aromatic N) is 2. The molecule has 3 aromatic rings. The van der Waals surface area contributed by atoms with Gasteiger partial charge >= 0.3 is 0 Å². The second-order valence-electron chi connectivity index (χ2n) is 10.3. The maximum absolute atomic E-state index is 14.1. The Morgan fingerprint density at radius 1 is 1.05 bits per heavy atom. The van der Waals surface area contributed by atoms with E-state index in [1.54, 1.807) is 0 Å². The van der Waals surface area contributed by atoms with Gasteiger partial charge in [0.05, 0.1) is 22.2 Å². The molecule has 0 saturated heterocycles. The van der Waals surface area contributed by atoms with E-state index in [2.05, 4.69) is 32.7 Å². The third kappa shape index (κ3) is 7.26. The van der Waals surface area contributed by atoms with Crippen LogP contribution < -0.4 is 21.7 Å². The van der Waals surface area contributed by atoms with Gasteiger partial charge in [-0.15, -0.1) is 0 Å². The summed E-state index contributed by atoms with van der Waals surface area (Å²) in [7, 11) is -2.91. The topological polar surface area (TPSA) is 92.9 Å². The standard InChI is InChI=1S/C28H35Cl2FN5OP/c1-38(2,37)26-24(14-13-23(31)25(26)30)35-27-22(29)17-33-28(36-27)34-21-12-11-19-9-7-18(6-4-3-5-15-32)8-10-20(19)16-21/h11-14,16-18H,3-10,15,32H2,1-2H3,(H2,33,34,35,36)/t18-/m0/s1. The lowest BCUT2D eigenvalue weighted by Crippen LogP contribution is -2.14. The first-order chi connectivity index (χ1) is 18.2. The Hall–Kier alpha value is -2.18. The zero-order chi connectivity index (χ0) is 27.3. The van der Waals surface area contributed by atoms with Crippen LogP contribution in [0.4, 0.5) is 27.5 Å². The highest BCUT2D eigenvalue weighted by molar-refractivity contribution is 7.70. The molecule has 0 unspecified atom stereocenters. The lowest BCUT2D eigenvalue weighted by molar-refractivity contribution is 0.411. The molecule has 38 heavy (non-hydrogen) atoms. The number of benzene rings is 2. The summed E-state index contributed by atoms with van der Waals surface area (Å²) >= 11 is 12.5. The lowest BCUT2D eigenvalue weighted by Gasteiger charge is -2.18. The highest BCUT2D eigenvalue weighted by atomic mass is 35.5. The van der Waals surface area contributed by atoms with Crippen molar-refractivity contribution in [1.29, 1.82) is 0 Å². The molecule has 4 rings (SSSR count). The summed E-state index contributed by atoms with van der Waals surface area (Å²) in [6.07, 6.45) is 10.9. The van der Waals surface area contributed by atoms with Crippen molar-refractivity contribution in [1.82, 2.24) is 9.97 Å². The monoisotopic (exact) mass is 577 g/mol. The summed E-state index contributed by atoms with van der Waals surface area (Å²) in [4.78, 5) is 8.86. The van der Waals surface area contributed by atoms with Crippen LogP contribution in [0.5, 0.6) is 0 Å². The van der Waals surface area contributed by atoms with Gasteiger partial charge in [0.2, 0.25) is 5.95 Å². The molecular weight excluding hydrogens is 543 g/mol. The average Bonchev–Trinajstić information content (AvgIpc) is 3.07. The third-order valence-corrected chi connectivity index (χ3v) is 9.35. The van der Waals surface area contributed by atoms with E-state index in [0.717, 1.165) is 37.4 Å². The van der Waals surface area contributed by atoms with Gasteiger partial charge in [-0.3, -0.25) is 0 Å². The molecule has 0 spiro atoms. The summed E-state index contributed by atoms with van der Waals surface area (Å²) in [5.41, 5.74) is 9.68. The molecular formula is C28H35Cl2FN5OP. The van der Waals surface area contributed by atoms with Crippen molar-refractivity contribution in [3.05, 3.63) is 63.5 Å². The molecule has 6 nitrogen and oxygen atoms in total. The number of hydrogen-bond donors (Lipinski definition) is 3. The second-order valence-corrected chi connectivity index (χ2v) is 14.2. The van der Waals surface area contributed by atoms with Crippen LogP contribution >= 0.6 is 30.3 Å². The minimum atomic E-state index is -2.91. The lowest BCUT2D eigenvalue weighted by atomic mass is 9.93. The summed E-state index contributed by atoms with van der Waals surface area (Å²) in [6, 6.07) is 9.13. The van der Waals surface area contributed by atoms with Gasteiger partial charge in [0.1, 0.15) is 18.0 Å². The normalized spacial score (nSPS) is 15.6. The number of unbranched alkanes of at least 4 members (excludes halogenated alkanes) is 2. The molecule has 10 heteroatoms. The van der Waals surface area contributed by atoms with Gasteiger partial charge in [0, 0.05) is 5.69 Å². The number of anilines is 4. The van der Waals surface area contributed by atoms with Crippen molar-refractivity contribution in [3.8, 4) is 0 Å². The smallest absolute Gasteiger partial charge is 0.229 e. The van der Waals surface area contributed by atoms with Gasteiger partial charge in [0.25, 0.3) is 0 Å². The minimum absolute atomic E-state index is 0.172. The summed E-state index contributed by atoms with van der Waals surface area (Å²) in [6.45, 7) is 3.85. The number of nitrogens with one attached hydrogen (secondary N) is 2. The van der Waals surface area contributed by atoms with Gasteiger partial charge in [-0.1, -0.05) is 48.5 Å². The van der Waals surface area contributed by atoms with Crippen LogP contribution in [0.1, 0.15) is 49.7 Å². The highest BCUT2D eigenvalue weighted by Crippen LogP contribution is 2.42. The largest absolute Gasteiger partial charge is 0.338 e. The van der Waals surface area contributed by atoms with Gasteiger partial charge in [-0.25, -0.2) is 9.37 Å². The maximum atomic E-state index is 14.1. The Kier molecular flexibility index (Phi) is 9.69. The molecule has 1 aliphatic rings. The van der Waals surface area contributed by atoms with E-state index in [-0.39, 0.29) is 15.3 Å². The molecule has 4 N–H and O–H groups in total. The minimum Gasteiger partial charge on any atom is -0.338 e. The van der Waals surface area contributed by atoms with Crippen molar-refractivity contribution >= 4 is 58.8 Å². The van der Waals surface area contributed by atoms with E-state index in [0.29, 0.717) is 17.5 Å². The van der Waals surface area contributed by atoms with Crippen LogP contribution in [-0.2, 0) is 17.4 Å². The highest BCUT2D eigenvalue weighted by Gasteiger charge is 2.24. The Labute approximate surface area is 234 Å². The fourth-order valence-corrected chi connectivity index (χ4v) is 7.23. The molecule has 1 aromatic heterocycles. The molecule has 2 aromatic carbocycles. The fraction of sp³-hybridized carbons (Fsp3) is 0.429. The number of fused-ring (bicyclic) bond motifs is 1. The van der Waals surface area contributed by atoms with Gasteiger partial charge in [0.15, 0.2) is 5.82 Å². The Morgan fingerprint density at radius 3 is 2.55 bits per heavy atom. The first-order valence-corrected chi connectivity index (χ1v) is 16.4. The number of aryl methyl sites for hydroxylation is 2. The van der Waals surface area contributed by atoms with Crippen molar-refractivity contribution in [2.45, 2.75) is 51.4 Å². The van der Waals surface area contributed by atoms with Crippen LogP contribution in [0.2, 0.25) is 10.0 Å². The molecule has 0 aliphatic heterocycles. The first kappa shape index (κ1) is 28.8. The number of hydrogen-bond acceptors (Lipinski definition) is 6. The molecule has 0 bridgehead atoms. The zero-order valence-corrected chi connectivity index (χ0v) is 24.3. The Balaban J connectivity index is 1.49. The molecule has 204 valence electrons. The number of aromatic nitrogens is 2. The zero-order valence-electron chi connectivity index (χ0n) is 21.9. The van der Waals surface area contributed by atoms with Crippen molar-refractivity contribution in [3.63, 3.8) is 0 Å². The predicted octanol–water partition coefficient (Wildman–Crippen LogP) is 7.67. The van der Waals surface area contributed by atoms with Crippen LogP contribution in [0.3, 0.4) is 0 Å². The maximum Gasteiger partial charge on any atom is 0.229 e. The molecule has 0 radical (unpaired) electrons. The van der Waals surface area contributed by atoms with Crippen molar-refractivity contribution < 1.29 is 8.96 Å². The SMILES string of the molecule is CP(C)(=O)c1c(Nc2nc(Nc3ccc4c(c3)CC[C@@H](CCCCCN)CC4)ncc2Cl)ccc(F)c1Cl. The van der Waals surface area contributed by atoms with Crippen LogP contribution in [0, 0.1) is 11.7 Å². The predicted molar refractivity (Wildman–Crippen MR) is 158 cm³/mol. The van der Waals surface area contributed by atoms with E-state index < -0.39 is 13.0 Å². The first-order valence-electron chi connectivity index (χ1n) is 13.1. The summed E-state index contributed by atoms with van der Waals surface area (Å²) < 4.78 is 27.0. The van der Waals surface area contributed by atoms with E-state index in [1.165, 1.54) is 74.9 Å². The van der Waals surface area contributed by atoms with Crippen LogP contribution in [-0.4, -0.2) is 29.8 Å². The van der Waals surface area contributed by atoms with Crippen molar-refractivity contribution in [2.75, 3.05) is 30.5 Å². The molecule has 1 aliphatic carbocycles. The van der Waals surface area contributed by atoms with E-state index in [1.807, 2.05) is 6.07 Å². The molecule has 1 heterocycles. The van der Waals surface area contributed by atoms with Gasteiger partial charge < -0.3 is 20.9 Å². The molecule has 0 amide bonds. The fourth-order valence-electron chi connectivity index (χ4n) is 5.03. The molecule has 0 saturated carbocycles. The van der Waals surface area contributed by atoms with E-state index >= 15 is 0 Å². The number of nitrogens with two attached hydrogens (primary N) is 1. The third-order valence-electron chi connectivity index (χ3n) is 7.03. The Bertz CT molecular complexity index is 1330.